The van der Waals surface area contributed by atoms with Crippen molar-refractivity contribution < 1.29 is 9.18 Å². The Hall–Kier alpha value is -2.94. The largest absolute Gasteiger partial charge is 0.327 e. The molecule has 0 aromatic heterocycles. The van der Waals surface area contributed by atoms with Gasteiger partial charge in [-0.15, -0.1) is 0 Å². The Morgan fingerprint density at radius 3 is 1.94 bits per heavy atom. The molecule has 2 nitrogen and oxygen atoms in total. The van der Waals surface area contributed by atoms with Crippen molar-refractivity contribution in [3.63, 3.8) is 0 Å². The first-order chi connectivity index (χ1) is 15.2. The lowest BCUT2D eigenvalue weighted by Gasteiger charge is -2.33. The molecule has 0 bridgehead atoms. The number of carbonyl (C=O) groups excluding carboxylic acids is 1. The highest BCUT2D eigenvalue weighted by atomic mass is 19.1. The molecule has 0 atom stereocenters. The average Bonchev–Trinajstić information content (AvgIpc) is 3.34. The van der Waals surface area contributed by atoms with Crippen molar-refractivity contribution in [1.29, 1.82) is 0 Å². The van der Waals surface area contributed by atoms with Gasteiger partial charge in [-0.1, -0.05) is 98.5 Å². The molecule has 3 aromatic carbocycles. The first-order valence-corrected chi connectivity index (χ1v) is 11.3. The molecule has 1 aliphatic carbocycles. The molecule has 31 heavy (non-hydrogen) atoms. The molecular formula is C28H30FNO. The van der Waals surface area contributed by atoms with E-state index in [0.717, 1.165) is 23.1 Å². The van der Waals surface area contributed by atoms with E-state index >= 15 is 0 Å². The summed E-state index contributed by atoms with van der Waals surface area (Å²) in [6.07, 6.45) is 6.57. The van der Waals surface area contributed by atoms with Crippen molar-refractivity contribution in [2.24, 2.45) is 5.92 Å². The minimum absolute atomic E-state index is 0.161. The van der Waals surface area contributed by atoms with Gasteiger partial charge in [-0.05, 0) is 41.2 Å². The topological polar surface area (TPSA) is 20.3 Å². The lowest BCUT2D eigenvalue weighted by molar-refractivity contribution is -0.134. The molecule has 0 N–H and O–H groups in total. The maximum atomic E-state index is 13.6. The first-order valence-electron chi connectivity index (χ1n) is 11.3. The van der Waals surface area contributed by atoms with Gasteiger partial charge in [-0.2, -0.15) is 0 Å². The molecule has 0 heterocycles. The van der Waals surface area contributed by atoms with Crippen LogP contribution in [-0.4, -0.2) is 10.8 Å². The predicted octanol–water partition coefficient (Wildman–Crippen LogP) is 6.91. The number of halogens is 1. The van der Waals surface area contributed by atoms with Gasteiger partial charge in [0, 0.05) is 13.0 Å². The fraction of sp³-hybridized carbons (Fsp3) is 0.321. The van der Waals surface area contributed by atoms with Crippen LogP contribution in [0.2, 0.25) is 0 Å². The molecule has 3 aromatic rings. The predicted molar refractivity (Wildman–Crippen MR) is 123 cm³/mol. The lowest BCUT2D eigenvalue weighted by Crippen LogP contribution is -2.35. The SMILES string of the molecule is O=C(CCC1CCCC1)N(Cc1ccc(F)cc1)C(c1ccccc1)c1ccccc1. The summed E-state index contributed by atoms with van der Waals surface area (Å²) >= 11 is 0. The van der Waals surface area contributed by atoms with Gasteiger partial charge in [0.15, 0.2) is 0 Å². The van der Waals surface area contributed by atoms with Crippen LogP contribution in [-0.2, 0) is 11.3 Å². The zero-order chi connectivity index (χ0) is 21.5. The van der Waals surface area contributed by atoms with E-state index in [4.69, 9.17) is 0 Å². The van der Waals surface area contributed by atoms with Gasteiger partial charge < -0.3 is 4.90 Å². The van der Waals surface area contributed by atoms with E-state index in [1.807, 2.05) is 41.3 Å². The molecule has 0 saturated heterocycles. The third kappa shape index (κ3) is 5.61. The summed E-state index contributed by atoms with van der Waals surface area (Å²) in [5.41, 5.74) is 3.11. The third-order valence-corrected chi connectivity index (χ3v) is 6.37. The average molecular weight is 416 g/mol. The number of hydrogen-bond acceptors (Lipinski definition) is 1. The van der Waals surface area contributed by atoms with Crippen LogP contribution in [0.3, 0.4) is 0 Å². The maximum absolute atomic E-state index is 13.6. The summed E-state index contributed by atoms with van der Waals surface area (Å²) in [6, 6.07) is 26.7. The van der Waals surface area contributed by atoms with Crippen molar-refractivity contribution in [3.05, 3.63) is 107 Å². The van der Waals surface area contributed by atoms with Crippen molar-refractivity contribution >= 4 is 5.91 Å². The molecule has 4 rings (SSSR count). The minimum Gasteiger partial charge on any atom is -0.327 e. The Morgan fingerprint density at radius 2 is 1.39 bits per heavy atom. The summed E-state index contributed by atoms with van der Waals surface area (Å²) < 4.78 is 13.5. The summed E-state index contributed by atoms with van der Waals surface area (Å²) in [5, 5.41) is 0. The van der Waals surface area contributed by atoms with Crippen molar-refractivity contribution in [2.45, 2.75) is 51.1 Å². The number of hydrogen-bond donors (Lipinski definition) is 0. The zero-order valence-electron chi connectivity index (χ0n) is 17.9. The molecule has 1 amide bonds. The molecule has 3 heteroatoms. The Labute approximate surface area is 184 Å². The summed E-state index contributed by atoms with van der Waals surface area (Å²) in [4.78, 5) is 15.6. The van der Waals surface area contributed by atoms with Crippen LogP contribution in [0.4, 0.5) is 4.39 Å². The number of benzene rings is 3. The number of nitrogens with zero attached hydrogens (tertiary/aromatic N) is 1. The standard InChI is InChI=1S/C28H30FNO/c29-26-18-15-23(16-19-26)21-30(27(31)20-17-22-9-7-8-10-22)28(24-11-3-1-4-12-24)25-13-5-2-6-14-25/h1-6,11-16,18-19,22,28H,7-10,17,20-21H2. The highest BCUT2D eigenvalue weighted by molar-refractivity contribution is 5.77. The van der Waals surface area contributed by atoms with Crippen LogP contribution >= 0.6 is 0 Å². The second-order valence-corrected chi connectivity index (χ2v) is 8.56. The molecule has 1 fully saturated rings. The van der Waals surface area contributed by atoms with Gasteiger partial charge in [0.2, 0.25) is 5.91 Å². The minimum atomic E-state index is -0.259. The zero-order valence-corrected chi connectivity index (χ0v) is 17.9. The Kier molecular flexibility index (Phi) is 7.14. The molecule has 0 radical (unpaired) electrons. The highest BCUT2D eigenvalue weighted by Crippen LogP contribution is 2.33. The summed E-state index contributed by atoms with van der Waals surface area (Å²) in [5.74, 6) is 0.572. The summed E-state index contributed by atoms with van der Waals surface area (Å²) in [6.45, 7) is 0.457. The molecule has 0 unspecified atom stereocenters. The van der Waals surface area contributed by atoms with Crippen molar-refractivity contribution in [3.8, 4) is 0 Å². The second kappa shape index (κ2) is 10.4. The number of amides is 1. The van der Waals surface area contributed by atoms with Gasteiger partial charge in [-0.3, -0.25) is 4.79 Å². The van der Waals surface area contributed by atoms with Crippen LogP contribution in [0.25, 0.3) is 0 Å². The van der Waals surface area contributed by atoms with Crippen LogP contribution < -0.4 is 0 Å². The van der Waals surface area contributed by atoms with Gasteiger partial charge in [0.25, 0.3) is 0 Å². The molecule has 1 aliphatic rings. The Balaban J connectivity index is 1.66. The smallest absolute Gasteiger partial charge is 0.223 e. The number of carbonyl (C=O) groups is 1. The van der Waals surface area contributed by atoms with E-state index in [0.29, 0.717) is 18.9 Å². The van der Waals surface area contributed by atoms with Crippen LogP contribution in [0, 0.1) is 11.7 Å². The Bertz CT molecular complexity index is 910. The first kappa shape index (κ1) is 21.3. The quantitative estimate of drug-likeness (QED) is 0.391. The van der Waals surface area contributed by atoms with E-state index in [9.17, 15) is 9.18 Å². The normalized spacial score (nSPS) is 14.1. The van der Waals surface area contributed by atoms with E-state index in [1.165, 1.54) is 37.8 Å². The third-order valence-electron chi connectivity index (χ3n) is 6.37. The highest BCUT2D eigenvalue weighted by Gasteiger charge is 2.27. The lowest BCUT2D eigenvalue weighted by atomic mass is 9.95. The molecule has 160 valence electrons. The van der Waals surface area contributed by atoms with E-state index in [2.05, 4.69) is 24.3 Å². The molecule has 0 spiro atoms. The van der Waals surface area contributed by atoms with E-state index < -0.39 is 0 Å². The fourth-order valence-corrected chi connectivity index (χ4v) is 4.70. The second-order valence-electron chi connectivity index (χ2n) is 8.56. The van der Waals surface area contributed by atoms with Crippen LogP contribution in [0.15, 0.2) is 84.9 Å². The monoisotopic (exact) mass is 415 g/mol. The summed E-state index contributed by atoms with van der Waals surface area (Å²) in [7, 11) is 0. The van der Waals surface area contributed by atoms with E-state index in [1.54, 1.807) is 12.1 Å². The molecular weight excluding hydrogens is 385 g/mol. The van der Waals surface area contributed by atoms with Crippen molar-refractivity contribution in [2.75, 3.05) is 0 Å². The van der Waals surface area contributed by atoms with Crippen LogP contribution in [0.1, 0.15) is 61.3 Å². The molecule has 0 aliphatic heterocycles. The fourth-order valence-electron chi connectivity index (χ4n) is 4.70. The van der Waals surface area contributed by atoms with E-state index in [-0.39, 0.29) is 17.8 Å². The van der Waals surface area contributed by atoms with Gasteiger partial charge in [-0.25, -0.2) is 4.39 Å². The van der Waals surface area contributed by atoms with Gasteiger partial charge in [0.05, 0.1) is 6.04 Å². The molecule has 1 saturated carbocycles. The van der Waals surface area contributed by atoms with Crippen molar-refractivity contribution in [1.82, 2.24) is 4.90 Å². The maximum Gasteiger partial charge on any atom is 0.223 e. The van der Waals surface area contributed by atoms with Gasteiger partial charge >= 0.3 is 0 Å². The Morgan fingerprint density at radius 1 is 0.839 bits per heavy atom. The van der Waals surface area contributed by atoms with Crippen LogP contribution in [0.5, 0.6) is 0 Å². The van der Waals surface area contributed by atoms with Gasteiger partial charge in [0.1, 0.15) is 5.82 Å². The number of rotatable bonds is 8.